The summed E-state index contributed by atoms with van der Waals surface area (Å²) >= 11 is 0. The van der Waals surface area contributed by atoms with Crippen LogP contribution in [0.4, 0.5) is 5.82 Å². The number of hydrogen-bond donors (Lipinski definition) is 1. The summed E-state index contributed by atoms with van der Waals surface area (Å²) in [5, 5.41) is 2.94. The number of nitrogens with one attached hydrogen (secondary N) is 1. The molecule has 0 saturated carbocycles. The third kappa shape index (κ3) is 4.71. The summed E-state index contributed by atoms with van der Waals surface area (Å²) in [5.41, 5.74) is 2.92. The van der Waals surface area contributed by atoms with Gasteiger partial charge in [0.05, 0.1) is 18.4 Å². The average Bonchev–Trinajstić information content (AvgIpc) is 3.12. The van der Waals surface area contributed by atoms with Crippen LogP contribution in [0, 0.1) is 12.8 Å². The molecule has 0 unspecified atom stereocenters. The van der Waals surface area contributed by atoms with Crippen LogP contribution in [0.15, 0.2) is 42.6 Å². The van der Waals surface area contributed by atoms with E-state index in [1.807, 2.05) is 49.4 Å². The van der Waals surface area contributed by atoms with Crippen LogP contribution in [0.5, 0.6) is 5.75 Å². The minimum atomic E-state index is -0.191. The van der Waals surface area contributed by atoms with Gasteiger partial charge in [-0.2, -0.15) is 0 Å². The van der Waals surface area contributed by atoms with E-state index in [-0.39, 0.29) is 17.7 Å². The van der Waals surface area contributed by atoms with Gasteiger partial charge in [0.25, 0.3) is 5.91 Å². The highest BCUT2D eigenvalue weighted by Gasteiger charge is 2.24. The van der Waals surface area contributed by atoms with Crippen molar-refractivity contribution in [2.45, 2.75) is 40.2 Å². The molecule has 0 spiro atoms. The van der Waals surface area contributed by atoms with Gasteiger partial charge >= 0.3 is 0 Å². The maximum Gasteiger partial charge on any atom is 0.253 e. The molecular weight excluding hydrogens is 392 g/mol. The number of imidazole rings is 1. The highest BCUT2D eigenvalue weighted by Crippen LogP contribution is 2.24. The topological polar surface area (TPSA) is 75.9 Å². The van der Waals surface area contributed by atoms with Gasteiger partial charge < -0.3 is 10.1 Å². The number of anilines is 1. The monoisotopic (exact) mass is 422 g/mol. The first kappa shape index (κ1) is 22.3. The molecule has 0 radical (unpaired) electrons. The molecule has 7 heteroatoms. The fourth-order valence-electron chi connectivity index (χ4n) is 3.73. The molecule has 0 aliphatic carbocycles. The van der Waals surface area contributed by atoms with Gasteiger partial charge in [-0.15, -0.1) is 0 Å². The Bertz CT molecular complexity index is 1070. The van der Waals surface area contributed by atoms with Crippen molar-refractivity contribution in [2.24, 2.45) is 5.92 Å². The minimum Gasteiger partial charge on any atom is -0.497 e. The number of methoxy groups -OCH3 is 1. The largest absolute Gasteiger partial charge is 0.497 e. The summed E-state index contributed by atoms with van der Waals surface area (Å²) in [4.78, 5) is 31.9. The van der Waals surface area contributed by atoms with Crippen LogP contribution in [0.3, 0.4) is 0 Å². The smallest absolute Gasteiger partial charge is 0.253 e. The van der Waals surface area contributed by atoms with Crippen molar-refractivity contribution >= 4 is 23.3 Å². The predicted octanol–water partition coefficient (Wildman–Crippen LogP) is 3.98. The standard InChI is InChI=1S/C24H30N4O3/c1-6-18(7-2)24(30)27(4)23-16(3)26-21-13-10-19(15-28(21)23)22(29)25-14-17-8-11-20(31-5)12-9-17/h8-13,15,18H,6-7,14H2,1-5H3,(H,25,29). The lowest BCUT2D eigenvalue weighted by Gasteiger charge is -2.22. The van der Waals surface area contributed by atoms with Gasteiger partial charge in [0.15, 0.2) is 0 Å². The molecular formula is C24H30N4O3. The first-order valence-corrected chi connectivity index (χ1v) is 10.6. The quantitative estimate of drug-likeness (QED) is 0.596. The van der Waals surface area contributed by atoms with E-state index in [2.05, 4.69) is 10.3 Å². The van der Waals surface area contributed by atoms with E-state index in [4.69, 9.17) is 4.74 Å². The van der Waals surface area contributed by atoms with E-state index >= 15 is 0 Å². The third-order valence-electron chi connectivity index (χ3n) is 5.62. The molecule has 0 fully saturated rings. The predicted molar refractivity (Wildman–Crippen MR) is 122 cm³/mol. The lowest BCUT2D eigenvalue weighted by atomic mass is 10.0. The number of amides is 2. The number of nitrogens with zero attached hydrogens (tertiary/aromatic N) is 3. The van der Waals surface area contributed by atoms with E-state index in [9.17, 15) is 9.59 Å². The number of fused-ring (bicyclic) bond motifs is 1. The van der Waals surface area contributed by atoms with Crippen LogP contribution >= 0.6 is 0 Å². The van der Waals surface area contributed by atoms with Crippen LogP contribution in [0.25, 0.3) is 5.65 Å². The molecule has 2 amide bonds. The van der Waals surface area contributed by atoms with Crippen LogP contribution in [-0.4, -0.2) is 35.4 Å². The first-order chi connectivity index (χ1) is 14.9. The van der Waals surface area contributed by atoms with Crippen molar-refractivity contribution in [2.75, 3.05) is 19.1 Å². The van der Waals surface area contributed by atoms with E-state index in [0.29, 0.717) is 23.6 Å². The van der Waals surface area contributed by atoms with E-state index in [0.717, 1.165) is 29.8 Å². The second kappa shape index (κ2) is 9.64. The fourth-order valence-corrected chi connectivity index (χ4v) is 3.73. The van der Waals surface area contributed by atoms with Crippen molar-refractivity contribution in [1.82, 2.24) is 14.7 Å². The number of aromatic nitrogens is 2. The molecule has 3 aromatic rings. The van der Waals surface area contributed by atoms with Crippen molar-refractivity contribution in [1.29, 1.82) is 0 Å². The Morgan fingerprint density at radius 3 is 2.42 bits per heavy atom. The molecule has 31 heavy (non-hydrogen) atoms. The van der Waals surface area contributed by atoms with Crippen molar-refractivity contribution in [3.63, 3.8) is 0 Å². The molecule has 2 heterocycles. The second-order valence-corrected chi connectivity index (χ2v) is 7.61. The molecule has 2 aromatic heterocycles. The van der Waals surface area contributed by atoms with Crippen LogP contribution in [0.1, 0.15) is 48.3 Å². The molecule has 0 saturated heterocycles. The summed E-state index contributed by atoms with van der Waals surface area (Å²) in [6.45, 7) is 6.32. The first-order valence-electron chi connectivity index (χ1n) is 10.6. The molecule has 1 N–H and O–H groups in total. The van der Waals surface area contributed by atoms with Gasteiger partial charge in [-0.05, 0) is 49.6 Å². The molecule has 1 aromatic carbocycles. The van der Waals surface area contributed by atoms with Crippen LogP contribution in [-0.2, 0) is 11.3 Å². The van der Waals surface area contributed by atoms with Gasteiger partial charge in [-0.25, -0.2) is 4.98 Å². The van der Waals surface area contributed by atoms with Crippen LogP contribution in [0.2, 0.25) is 0 Å². The lowest BCUT2D eigenvalue weighted by Crippen LogP contribution is -2.33. The van der Waals surface area contributed by atoms with E-state index in [1.54, 1.807) is 37.4 Å². The molecule has 0 aliphatic rings. The highest BCUT2D eigenvalue weighted by atomic mass is 16.5. The number of carbonyl (C=O) groups excluding carboxylic acids is 2. The van der Waals surface area contributed by atoms with Crippen LogP contribution < -0.4 is 15.0 Å². The number of hydrogen-bond acceptors (Lipinski definition) is 4. The minimum absolute atomic E-state index is 0.0362. The van der Waals surface area contributed by atoms with E-state index in [1.165, 1.54) is 0 Å². The number of aryl methyl sites for hydroxylation is 1. The zero-order valence-electron chi connectivity index (χ0n) is 18.8. The zero-order chi connectivity index (χ0) is 22.5. The summed E-state index contributed by atoms with van der Waals surface area (Å²) in [5.74, 6) is 1.30. The summed E-state index contributed by atoms with van der Waals surface area (Å²) in [6, 6.07) is 11.1. The number of ether oxygens (including phenoxy) is 1. The molecule has 0 aliphatic heterocycles. The summed E-state index contributed by atoms with van der Waals surface area (Å²) < 4.78 is 6.98. The summed E-state index contributed by atoms with van der Waals surface area (Å²) in [6.07, 6.45) is 3.31. The third-order valence-corrected chi connectivity index (χ3v) is 5.62. The normalized spacial score (nSPS) is 11.0. The fraction of sp³-hybridized carbons (Fsp3) is 0.375. The molecule has 164 valence electrons. The number of rotatable bonds is 8. The van der Waals surface area contributed by atoms with Crippen molar-refractivity contribution < 1.29 is 14.3 Å². The van der Waals surface area contributed by atoms with Gasteiger partial charge in [-0.3, -0.25) is 18.9 Å². The average molecular weight is 423 g/mol. The highest BCUT2D eigenvalue weighted by molar-refractivity contribution is 5.96. The maximum absolute atomic E-state index is 12.9. The van der Waals surface area contributed by atoms with Gasteiger partial charge in [0.2, 0.25) is 5.91 Å². The Kier molecular flexibility index (Phi) is 6.95. The van der Waals surface area contributed by atoms with Gasteiger partial charge in [0.1, 0.15) is 17.2 Å². The van der Waals surface area contributed by atoms with Crippen molar-refractivity contribution in [3.8, 4) is 5.75 Å². The second-order valence-electron chi connectivity index (χ2n) is 7.61. The lowest BCUT2D eigenvalue weighted by molar-refractivity contribution is -0.122. The molecule has 0 bridgehead atoms. The van der Waals surface area contributed by atoms with Crippen molar-refractivity contribution in [3.05, 3.63) is 59.4 Å². The number of benzene rings is 1. The molecule has 7 nitrogen and oxygen atoms in total. The van der Waals surface area contributed by atoms with Gasteiger partial charge in [0, 0.05) is 25.7 Å². The Balaban J connectivity index is 1.83. The maximum atomic E-state index is 12.9. The Hall–Kier alpha value is -3.35. The Labute approximate surface area is 183 Å². The van der Waals surface area contributed by atoms with E-state index < -0.39 is 0 Å². The Morgan fingerprint density at radius 2 is 1.81 bits per heavy atom. The zero-order valence-corrected chi connectivity index (χ0v) is 18.8. The number of carbonyl (C=O) groups is 2. The molecule has 0 atom stereocenters. The Morgan fingerprint density at radius 1 is 1.13 bits per heavy atom. The summed E-state index contributed by atoms with van der Waals surface area (Å²) in [7, 11) is 3.39. The SMILES string of the molecule is CCC(CC)C(=O)N(C)c1c(C)nc2ccc(C(=O)NCc3ccc(OC)cc3)cn12. The number of pyridine rings is 1. The van der Waals surface area contributed by atoms with Gasteiger partial charge in [-0.1, -0.05) is 26.0 Å². The molecule has 3 rings (SSSR count).